The van der Waals surface area contributed by atoms with Gasteiger partial charge < -0.3 is 23.9 Å². The van der Waals surface area contributed by atoms with E-state index in [1.54, 1.807) is 55.6 Å². The third kappa shape index (κ3) is 4.13. The Labute approximate surface area is 184 Å². The van der Waals surface area contributed by atoms with E-state index in [-0.39, 0.29) is 11.3 Å². The van der Waals surface area contributed by atoms with Gasteiger partial charge in [-0.1, -0.05) is 0 Å². The average molecular weight is 431 g/mol. The molecule has 0 aliphatic carbocycles. The highest BCUT2D eigenvalue weighted by atomic mass is 16.5. The minimum atomic E-state index is -0.334. The zero-order chi connectivity index (χ0) is 22.7. The number of hydrogen-bond acceptors (Lipinski definition) is 6. The van der Waals surface area contributed by atoms with Gasteiger partial charge in [-0.25, -0.2) is 0 Å². The minimum Gasteiger partial charge on any atom is -0.497 e. The van der Waals surface area contributed by atoms with Crippen molar-refractivity contribution in [3.8, 4) is 28.6 Å². The first-order chi connectivity index (χ1) is 15.5. The fourth-order valence-corrected chi connectivity index (χ4v) is 3.31. The molecular formula is C25H21NO6. The number of benzene rings is 3. The Kier molecular flexibility index (Phi) is 5.81. The van der Waals surface area contributed by atoms with Crippen LogP contribution in [0.4, 0.5) is 5.69 Å². The molecule has 0 radical (unpaired) electrons. The summed E-state index contributed by atoms with van der Waals surface area (Å²) in [5, 5.41) is 3.24. The number of carbonyl (C=O) groups excluding carboxylic acids is 1. The first kappa shape index (κ1) is 21.0. The van der Waals surface area contributed by atoms with Crippen LogP contribution in [0.5, 0.6) is 17.2 Å². The van der Waals surface area contributed by atoms with Crippen LogP contribution in [-0.4, -0.2) is 27.2 Å². The number of ether oxygens (including phenoxy) is 3. The molecule has 7 nitrogen and oxygen atoms in total. The SMILES string of the molecule is COc1ccc(-c2cc(=O)c3ccc(NC(=O)c4ccc(OC)c(OC)c4)cc3o2)cc1. The van der Waals surface area contributed by atoms with Crippen LogP contribution in [0, 0.1) is 0 Å². The maximum Gasteiger partial charge on any atom is 0.255 e. The molecule has 7 heteroatoms. The van der Waals surface area contributed by atoms with Crippen molar-refractivity contribution in [2.24, 2.45) is 0 Å². The Hall–Kier alpha value is -4.26. The predicted octanol–water partition coefficient (Wildman–Crippen LogP) is 4.74. The number of anilines is 1. The first-order valence-electron chi connectivity index (χ1n) is 9.78. The summed E-state index contributed by atoms with van der Waals surface area (Å²) >= 11 is 0. The van der Waals surface area contributed by atoms with E-state index < -0.39 is 0 Å². The standard InChI is InChI=1S/C25H21NO6/c1-29-18-8-4-15(5-9-18)22-14-20(27)19-10-7-17(13-23(19)32-22)26-25(28)16-6-11-21(30-2)24(12-16)31-3/h4-14H,1-3H3,(H,26,28). The summed E-state index contributed by atoms with van der Waals surface area (Å²) in [4.78, 5) is 25.3. The molecule has 0 saturated carbocycles. The van der Waals surface area contributed by atoms with E-state index in [9.17, 15) is 9.59 Å². The molecule has 0 fully saturated rings. The number of hydrogen-bond donors (Lipinski definition) is 1. The fourth-order valence-electron chi connectivity index (χ4n) is 3.31. The van der Waals surface area contributed by atoms with Crippen LogP contribution >= 0.6 is 0 Å². The normalized spacial score (nSPS) is 10.6. The van der Waals surface area contributed by atoms with Crippen LogP contribution in [0.2, 0.25) is 0 Å². The zero-order valence-electron chi connectivity index (χ0n) is 17.8. The zero-order valence-corrected chi connectivity index (χ0v) is 17.8. The summed E-state index contributed by atoms with van der Waals surface area (Å²) in [6, 6.07) is 18.5. The Morgan fingerprint density at radius 2 is 1.56 bits per heavy atom. The predicted molar refractivity (Wildman–Crippen MR) is 122 cm³/mol. The Morgan fingerprint density at radius 1 is 0.812 bits per heavy atom. The molecule has 0 saturated heterocycles. The number of methoxy groups -OCH3 is 3. The summed E-state index contributed by atoms with van der Waals surface area (Å²) in [7, 11) is 4.62. The van der Waals surface area contributed by atoms with Gasteiger partial charge in [-0.05, 0) is 54.6 Å². The molecule has 0 spiro atoms. The van der Waals surface area contributed by atoms with Crippen molar-refractivity contribution in [3.63, 3.8) is 0 Å². The topological polar surface area (TPSA) is 87.0 Å². The van der Waals surface area contributed by atoms with Gasteiger partial charge in [0.1, 0.15) is 17.1 Å². The lowest BCUT2D eigenvalue weighted by Gasteiger charge is -2.10. The molecule has 0 atom stereocenters. The van der Waals surface area contributed by atoms with Crippen molar-refractivity contribution in [1.82, 2.24) is 0 Å². The van der Waals surface area contributed by atoms with Gasteiger partial charge in [-0.15, -0.1) is 0 Å². The first-order valence-corrected chi connectivity index (χ1v) is 9.78. The molecule has 3 aromatic carbocycles. The Bertz CT molecular complexity index is 1340. The molecule has 0 unspecified atom stereocenters. The number of carbonyl (C=O) groups is 1. The Morgan fingerprint density at radius 3 is 2.25 bits per heavy atom. The maximum atomic E-state index is 12.7. The number of amides is 1. The fraction of sp³-hybridized carbons (Fsp3) is 0.120. The largest absolute Gasteiger partial charge is 0.497 e. The van der Waals surface area contributed by atoms with E-state index >= 15 is 0 Å². The molecule has 1 N–H and O–H groups in total. The molecule has 0 aliphatic heterocycles. The number of rotatable bonds is 6. The molecule has 1 heterocycles. The van der Waals surface area contributed by atoms with Crippen LogP contribution in [-0.2, 0) is 0 Å². The lowest BCUT2D eigenvalue weighted by molar-refractivity contribution is 0.102. The van der Waals surface area contributed by atoms with Crippen molar-refractivity contribution < 1.29 is 23.4 Å². The smallest absolute Gasteiger partial charge is 0.255 e. The Balaban J connectivity index is 1.65. The summed E-state index contributed by atoms with van der Waals surface area (Å²) in [6.45, 7) is 0. The third-order valence-electron chi connectivity index (χ3n) is 5.01. The molecular weight excluding hydrogens is 410 g/mol. The highest BCUT2D eigenvalue weighted by Gasteiger charge is 2.13. The van der Waals surface area contributed by atoms with Gasteiger partial charge in [0.2, 0.25) is 0 Å². The van der Waals surface area contributed by atoms with E-state index in [1.165, 1.54) is 20.3 Å². The van der Waals surface area contributed by atoms with Crippen molar-refractivity contribution in [2.75, 3.05) is 26.6 Å². The summed E-state index contributed by atoms with van der Waals surface area (Å²) < 4.78 is 21.6. The second-order valence-corrected chi connectivity index (χ2v) is 6.94. The molecule has 1 aromatic heterocycles. The summed E-state index contributed by atoms with van der Waals surface area (Å²) in [5.74, 6) is 1.78. The van der Waals surface area contributed by atoms with Crippen molar-refractivity contribution in [2.45, 2.75) is 0 Å². The van der Waals surface area contributed by atoms with Crippen LogP contribution in [0.25, 0.3) is 22.3 Å². The molecule has 0 aliphatic rings. The van der Waals surface area contributed by atoms with Crippen molar-refractivity contribution in [3.05, 3.63) is 82.5 Å². The highest BCUT2D eigenvalue weighted by molar-refractivity contribution is 6.05. The average Bonchev–Trinajstić information content (AvgIpc) is 2.83. The van der Waals surface area contributed by atoms with E-state index in [0.717, 1.165) is 5.56 Å². The number of fused-ring (bicyclic) bond motifs is 1. The monoisotopic (exact) mass is 431 g/mol. The van der Waals surface area contributed by atoms with E-state index in [4.69, 9.17) is 18.6 Å². The second-order valence-electron chi connectivity index (χ2n) is 6.94. The molecule has 0 bridgehead atoms. The van der Waals surface area contributed by atoms with Crippen LogP contribution < -0.4 is 25.0 Å². The van der Waals surface area contributed by atoms with Gasteiger partial charge >= 0.3 is 0 Å². The van der Waals surface area contributed by atoms with Gasteiger partial charge in [0.25, 0.3) is 5.91 Å². The van der Waals surface area contributed by atoms with E-state index in [0.29, 0.717) is 45.2 Å². The maximum absolute atomic E-state index is 12.7. The van der Waals surface area contributed by atoms with Crippen molar-refractivity contribution in [1.29, 1.82) is 0 Å². The lowest BCUT2D eigenvalue weighted by atomic mass is 10.1. The molecule has 32 heavy (non-hydrogen) atoms. The third-order valence-corrected chi connectivity index (χ3v) is 5.01. The van der Waals surface area contributed by atoms with E-state index in [2.05, 4.69) is 5.32 Å². The summed E-state index contributed by atoms with van der Waals surface area (Å²) in [5.41, 5.74) is 1.83. The lowest BCUT2D eigenvalue weighted by Crippen LogP contribution is -2.12. The quantitative estimate of drug-likeness (QED) is 0.475. The van der Waals surface area contributed by atoms with Crippen LogP contribution in [0.3, 0.4) is 0 Å². The molecule has 4 aromatic rings. The van der Waals surface area contributed by atoms with Crippen molar-refractivity contribution >= 4 is 22.6 Å². The van der Waals surface area contributed by atoms with Gasteiger partial charge in [0.05, 0.1) is 26.7 Å². The minimum absolute atomic E-state index is 0.171. The van der Waals surface area contributed by atoms with Crippen LogP contribution in [0.1, 0.15) is 10.4 Å². The highest BCUT2D eigenvalue weighted by Crippen LogP contribution is 2.29. The van der Waals surface area contributed by atoms with Crippen LogP contribution in [0.15, 0.2) is 75.9 Å². The summed E-state index contributed by atoms with van der Waals surface area (Å²) in [6.07, 6.45) is 0. The van der Waals surface area contributed by atoms with E-state index in [1.807, 2.05) is 12.1 Å². The molecule has 4 rings (SSSR count). The number of nitrogens with one attached hydrogen (secondary N) is 1. The van der Waals surface area contributed by atoms with Gasteiger partial charge in [0, 0.05) is 28.9 Å². The molecule has 162 valence electrons. The van der Waals surface area contributed by atoms with Gasteiger partial charge in [-0.3, -0.25) is 9.59 Å². The second kappa shape index (κ2) is 8.85. The van der Waals surface area contributed by atoms with Gasteiger partial charge in [0.15, 0.2) is 16.9 Å². The molecule has 1 amide bonds. The van der Waals surface area contributed by atoms with Gasteiger partial charge in [-0.2, -0.15) is 0 Å².